The number of hydrogen-bond acceptors (Lipinski definition) is 2. The third kappa shape index (κ3) is 4.53. The SMILES string of the molecule is Cc1cccc(NC(=S)N2CCN(Cc3ccc(F)cc3Cl)CC2)c1C. The first kappa shape index (κ1) is 19.1. The largest absolute Gasteiger partial charge is 0.346 e. The summed E-state index contributed by atoms with van der Waals surface area (Å²) in [7, 11) is 0. The monoisotopic (exact) mass is 391 g/mol. The van der Waals surface area contributed by atoms with Crippen molar-refractivity contribution >= 4 is 34.6 Å². The summed E-state index contributed by atoms with van der Waals surface area (Å²) in [5, 5.41) is 4.62. The van der Waals surface area contributed by atoms with Crippen molar-refractivity contribution in [2.75, 3.05) is 31.5 Å². The molecule has 0 saturated carbocycles. The Labute approximate surface area is 164 Å². The van der Waals surface area contributed by atoms with E-state index in [-0.39, 0.29) is 5.82 Å². The summed E-state index contributed by atoms with van der Waals surface area (Å²) >= 11 is 11.7. The fourth-order valence-electron chi connectivity index (χ4n) is 3.08. The van der Waals surface area contributed by atoms with Gasteiger partial charge in [-0.05, 0) is 61.0 Å². The number of thiocarbonyl (C=S) groups is 1. The summed E-state index contributed by atoms with van der Waals surface area (Å²) in [5.74, 6) is -0.300. The van der Waals surface area contributed by atoms with Gasteiger partial charge in [0.15, 0.2) is 5.11 Å². The third-order valence-corrected chi connectivity index (χ3v) is 5.63. The summed E-state index contributed by atoms with van der Waals surface area (Å²) in [4.78, 5) is 4.51. The van der Waals surface area contributed by atoms with Gasteiger partial charge in [0.25, 0.3) is 0 Å². The maximum Gasteiger partial charge on any atom is 0.173 e. The zero-order valence-electron chi connectivity index (χ0n) is 15.1. The molecule has 0 atom stereocenters. The first-order valence-corrected chi connectivity index (χ1v) is 9.51. The maximum absolute atomic E-state index is 13.2. The number of aryl methyl sites for hydroxylation is 1. The fourth-order valence-corrected chi connectivity index (χ4v) is 3.60. The van der Waals surface area contributed by atoms with Gasteiger partial charge in [-0.3, -0.25) is 4.90 Å². The quantitative estimate of drug-likeness (QED) is 0.770. The number of halogens is 2. The molecule has 1 N–H and O–H groups in total. The minimum Gasteiger partial charge on any atom is -0.346 e. The highest BCUT2D eigenvalue weighted by molar-refractivity contribution is 7.80. The smallest absolute Gasteiger partial charge is 0.173 e. The number of nitrogens with one attached hydrogen (secondary N) is 1. The molecule has 3 nitrogen and oxygen atoms in total. The molecule has 2 aromatic carbocycles. The highest BCUT2D eigenvalue weighted by atomic mass is 35.5. The molecule has 0 aliphatic carbocycles. The van der Waals surface area contributed by atoms with Crippen LogP contribution in [0.4, 0.5) is 10.1 Å². The van der Waals surface area contributed by atoms with Gasteiger partial charge in [-0.2, -0.15) is 0 Å². The average molecular weight is 392 g/mol. The standard InChI is InChI=1S/C20H23ClFN3S/c1-14-4-3-5-19(15(14)2)23-20(26)25-10-8-24(9-11-25)13-16-6-7-17(22)12-18(16)21/h3-7,12H,8-11,13H2,1-2H3,(H,23,26). The van der Waals surface area contributed by atoms with E-state index in [9.17, 15) is 4.39 Å². The number of hydrogen-bond donors (Lipinski definition) is 1. The van der Waals surface area contributed by atoms with E-state index in [1.807, 2.05) is 6.07 Å². The number of nitrogens with zero attached hydrogens (tertiary/aromatic N) is 2. The van der Waals surface area contributed by atoms with Gasteiger partial charge in [0.2, 0.25) is 0 Å². The van der Waals surface area contributed by atoms with Crippen molar-refractivity contribution in [1.29, 1.82) is 0 Å². The molecule has 3 rings (SSSR count). The maximum atomic E-state index is 13.2. The highest BCUT2D eigenvalue weighted by Crippen LogP contribution is 2.21. The number of rotatable bonds is 3. The Morgan fingerprint density at radius 2 is 1.88 bits per heavy atom. The summed E-state index contributed by atoms with van der Waals surface area (Å²) in [5.41, 5.74) is 4.49. The molecule has 2 aromatic rings. The minimum atomic E-state index is -0.300. The van der Waals surface area contributed by atoms with Crippen LogP contribution in [0.25, 0.3) is 0 Å². The van der Waals surface area contributed by atoms with Crippen LogP contribution >= 0.6 is 23.8 Å². The van der Waals surface area contributed by atoms with Crippen molar-refractivity contribution in [2.45, 2.75) is 20.4 Å². The first-order chi connectivity index (χ1) is 12.4. The van der Waals surface area contributed by atoms with Crippen molar-refractivity contribution in [3.63, 3.8) is 0 Å². The second-order valence-electron chi connectivity index (χ2n) is 6.68. The predicted octanol–water partition coefficient (Wildman–Crippen LogP) is 4.61. The Morgan fingerprint density at radius 1 is 1.15 bits per heavy atom. The van der Waals surface area contributed by atoms with E-state index in [4.69, 9.17) is 23.8 Å². The molecule has 0 aromatic heterocycles. The Balaban J connectivity index is 1.54. The Kier molecular flexibility index (Phi) is 6.12. The van der Waals surface area contributed by atoms with E-state index in [2.05, 4.69) is 41.1 Å². The predicted molar refractivity (Wildman–Crippen MR) is 110 cm³/mol. The Bertz CT molecular complexity index is 804. The van der Waals surface area contributed by atoms with Gasteiger partial charge in [-0.15, -0.1) is 0 Å². The molecule has 0 amide bonds. The Hall–Kier alpha value is -1.69. The topological polar surface area (TPSA) is 18.5 Å². The second kappa shape index (κ2) is 8.33. The van der Waals surface area contributed by atoms with E-state index in [1.54, 1.807) is 6.07 Å². The van der Waals surface area contributed by atoms with Gasteiger partial charge in [0, 0.05) is 43.4 Å². The summed E-state index contributed by atoms with van der Waals surface area (Å²) < 4.78 is 13.2. The van der Waals surface area contributed by atoms with Crippen molar-refractivity contribution in [2.24, 2.45) is 0 Å². The van der Waals surface area contributed by atoms with Crippen LogP contribution in [0, 0.1) is 19.7 Å². The lowest BCUT2D eigenvalue weighted by Crippen LogP contribution is -2.49. The second-order valence-corrected chi connectivity index (χ2v) is 7.47. The lowest BCUT2D eigenvalue weighted by Gasteiger charge is -2.36. The van der Waals surface area contributed by atoms with E-state index >= 15 is 0 Å². The number of anilines is 1. The van der Waals surface area contributed by atoms with Gasteiger partial charge in [0.05, 0.1) is 0 Å². The van der Waals surface area contributed by atoms with Crippen LogP contribution in [0.3, 0.4) is 0 Å². The van der Waals surface area contributed by atoms with Crippen LogP contribution in [0.15, 0.2) is 36.4 Å². The van der Waals surface area contributed by atoms with Gasteiger partial charge < -0.3 is 10.2 Å². The van der Waals surface area contributed by atoms with E-state index in [0.717, 1.165) is 49.1 Å². The minimum absolute atomic E-state index is 0.300. The van der Waals surface area contributed by atoms with Crippen molar-refractivity contribution < 1.29 is 4.39 Å². The molecule has 0 bridgehead atoms. The summed E-state index contributed by atoms with van der Waals surface area (Å²) in [6, 6.07) is 10.8. The molecule has 6 heteroatoms. The fraction of sp³-hybridized carbons (Fsp3) is 0.350. The van der Waals surface area contributed by atoms with Crippen LogP contribution in [-0.4, -0.2) is 41.1 Å². The molecule has 1 saturated heterocycles. The van der Waals surface area contributed by atoms with Gasteiger partial charge in [0.1, 0.15) is 5.82 Å². The molecule has 26 heavy (non-hydrogen) atoms. The average Bonchev–Trinajstić information content (AvgIpc) is 2.62. The van der Waals surface area contributed by atoms with E-state index < -0.39 is 0 Å². The van der Waals surface area contributed by atoms with Crippen molar-refractivity contribution in [3.8, 4) is 0 Å². The van der Waals surface area contributed by atoms with E-state index in [0.29, 0.717) is 5.02 Å². The molecule has 138 valence electrons. The summed E-state index contributed by atoms with van der Waals surface area (Å²) in [6.45, 7) is 8.42. The Morgan fingerprint density at radius 3 is 2.58 bits per heavy atom. The van der Waals surface area contributed by atoms with E-state index in [1.165, 1.54) is 23.3 Å². The van der Waals surface area contributed by atoms with Crippen LogP contribution in [0.1, 0.15) is 16.7 Å². The molecule has 0 spiro atoms. The lowest BCUT2D eigenvalue weighted by molar-refractivity contribution is 0.177. The van der Waals surface area contributed by atoms with Gasteiger partial charge in [-0.25, -0.2) is 4.39 Å². The van der Waals surface area contributed by atoms with Crippen LogP contribution in [0.5, 0.6) is 0 Å². The molecule has 1 fully saturated rings. The zero-order chi connectivity index (χ0) is 18.7. The lowest BCUT2D eigenvalue weighted by atomic mass is 10.1. The molecule has 0 unspecified atom stereocenters. The molecular formula is C20H23ClFN3S. The molecule has 1 aliphatic heterocycles. The van der Waals surface area contributed by atoms with Gasteiger partial charge >= 0.3 is 0 Å². The van der Waals surface area contributed by atoms with Crippen LogP contribution < -0.4 is 5.32 Å². The molecular weight excluding hydrogens is 369 g/mol. The first-order valence-electron chi connectivity index (χ1n) is 8.72. The normalized spacial score (nSPS) is 15.2. The van der Waals surface area contributed by atoms with Crippen molar-refractivity contribution in [1.82, 2.24) is 9.80 Å². The number of piperazine rings is 1. The number of benzene rings is 2. The van der Waals surface area contributed by atoms with Crippen molar-refractivity contribution in [3.05, 3.63) is 63.9 Å². The van der Waals surface area contributed by atoms with Crippen LogP contribution in [-0.2, 0) is 6.54 Å². The highest BCUT2D eigenvalue weighted by Gasteiger charge is 2.20. The summed E-state index contributed by atoms with van der Waals surface area (Å²) in [6.07, 6.45) is 0. The molecule has 1 heterocycles. The van der Waals surface area contributed by atoms with Crippen LogP contribution in [0.2, 0.25) is 5.02 Å². The van der Waals surface area contributed by atoms with Gasteiger partial charge in [-0.1, -0.05) is 29.8 Å². The third-order valence-electron chi connectivity index (χ3n) is 4.91. The zero-order valence-corrected chi connectivity index (χ0v) is 16.6. The molecule has 0 radical (unpaired) electrons. The molecule has 1 aliphatic rings.